The largest absolute Gasteiger partial charge is 0.478 e. The van der Waals surface area contributed by atoms with E-state index in [1.54, 1.807) is 12.1 Å². The summed E-state index contributed by atoms with van der Waals surface area (Å²) in [5.41, 5.74) is 1.07. The Morgan fingerprint density at radius 3 is 2.05 bits per heavy atom. The molecule has 5 nitrogen and oxygen atoms in total. The van der Waals surface area contributed by atoms with Gasteiger partial charge in [0.15, 0.2) is 0 Å². The topological polar surface area (TPSA) is 61.8 Å². The minimum absolute atomic E-state index is 0.183. The van der Waals surface area contributed by atoms with Crippen LogP contribution < -0.4 is 4.74 Å². The second kappa shape index (κ2) is 9.83. The van der Waals surface area contributed by atoms with Crippen LogP contribution in [0.25, 0.3) is 0 Å². The lowest BCUT2D eigenvalue weighted by Crippen LogP contribution is -2.31. The van der Waals surface area contributed by atoms with Gasteiger partial charge < -0.3 is 14.2 Å². The maximum absolute atomic E-state index is 11.5. The van der Waals surface area contributed by atoms with E-state index in [4.69, 9.17) is 4.74 Å². The van der Waals surface area contributed by atoms with Crippen molar-refractivity contribution >= 4 is 11.9 Å². The highest BCUT2D eigenvalue weighted by atomic mass is 16.6. The molecule has 0 fully saturated rings. The summed E-state index contributed by atoms with van der Waals surface area (Å²) in [6, 6.07) is 7.15. The highest BCUT2D eigenvalue weighted by Gasteiger charge is 2.25. The van der Waals surface area contributed by atoms with Crippen LogP contribution in [0, 0.1) is 6.92 Å². The molecule has 0 saturated carbocycles. The number of hydrogen-bond donors (Lipinski definition) is 0. The van der Waals surface area contributed by atoms with Crippen molar-refractivity contribution in [2.75, 3.05) is 14.2 Å². The molecule has 112 valence electrons. The first-order valence-corrected chi connectivity index (χ1v) is 6.44. The summed E-state index contributed by atoms with van der Waals surface area (Å²) in [5.74, 6) is -0.640. The Morgan fingerprint density at radius 2 is 1.60 bits per heavy atom. The zero-order chi connectivity index (χ0) is 15.5. The summed E-state index contributed by atoms with van der Waals surface area (Å²) in [6.45, 7) is 5.94. The molecule has 0 aromatic heterocycles. The Kier molecular flexibility index (Phi) is 8.83. The predicted molar refractivity (Wildman–Crippen MR) is 75.6 cm³/mol. The number of hydrogen-bond acceptors (Lipinski definition) is 5. The van der Waals surface area contributed by atoms with Crippen LogP contribution >= 0.6 is 0 Å². The molecule has 20 heavy (non-hydrogen) atoms. The normalized spacial score (nSPS) is 10.7. The smallest absolute Gasteiger partial charge is 0.347 e. The Balaban J connectivity index is 0.00000172. The first kappa shape index (κ1) is 18.0. The maximum Gasteiger partial charge on any atom is 0.347 e. The van der Waals surface area contributed by atoms with E-state index in [0.29, 0.717) is 5.75 Å². The molecule has 0 aliphatic carbocycles. The molecule has 1 aromatic rings. The molecule has 0 bridgehead atoms. The van der Waals surface area contributed by atoms with Gasteiger partial charge in [0, 0.05) is 0 Å². The fraction of sp³-hybridized carbons (Fsp3) is 0.467. The van der Waals surface area contributed by atoms with Gasteiger partial charge in [-0.25, -0.2) is 4.79 Å². The van der Waals surface area contributed by atoms with Crippen molar-refractivity contribution in [2.24, 2.45) is 0 Å². The number of carbonyl (C=O) groups is 2. The average Bonchev–Trinajstić information content (AvgIpc) is 2.49. The number of ether oxygens (including phenoxy) is 3. The third-order valence-corrected chi connectivity index (χ3v) is 2.34. The molecule has 0 spiro atoms. The standard InChI is InChI=1S/C13H16O5.C2H6/c1-9-4-6-10(7-5-9)18-11(13(15)17-3)8-12(14)16-2;1-2/h4-7,11H,8H2,1-3H3;1-2H3. The highest BCUT2D eigenvalue weighted by molar-refractivity contribution is 5.82. The SMILES string of the molecule is CC.COC(=O)CC(Oc1ccc(C)cc1)C(=O)OC. The third kappa shape index (κ3) is 6.22. The predicted octanol–water partition coefficient (Wildman–Crippen LogP) is 2.50. The van der Waals surface area contributed by atoms with Crippen LogP contribution in [0.4, 0.5) is 0 Å². The molecule has 5 heteroatoms. The number of rotatable bonds is 5. The monoisotopic (exact) mass is 282 g/mol. The summed E-state index contributed by atoms with van der Waals surface area (Å²) in [7, 11) is 2.49. The van der Waals surface area contributed by atoms with Gasteiger partial charge in [-0.1, -0.05) is 31.5 Å². The molecule has 0 N–H and O–H groups in total. The molecule has 0 aliphatic heterocycles. The molecular weight excluding hydrogens is 260 g/mol. The van der Waals surface area contributed by atoms with Gasteiger partial charge in [0.1, 0.15) is 5.75 Å². The summed E-state index contributed by atoms with van der Waals surface area (Å²) in [4.78, 5) is 22.7. The highest BCUT2D eigenvalue weighted by Crippen LogP contribution is 2.15. The van der Waals surface area contributed by atoms with E-state index in [1.165, 1.54) is 14.2 Å². The van der Waals surface area contributed by atoms with E-state index in [1.807, 2.05) is 32.9 Å². The summed E-state index contributed by atoms with van der Waals surface area (Å²) in [6.07, 6.45) is -1.18. The van der Waals surface area contributed by atoms with E-state index in [0.717, 1.165) is 5.56 Å². The van der Waals surface area contributed by atoms with Crippen molar-refractivity contribution in [3.63, 3.8) is 0 Å². The van der Waals surface area contributed by atoms with Crippen LogP contribution in [0.3, 0.4) is 0 Å². The quantitative estimate of drug-likeness (QED) is 0.776. The lowest BCUT2D eigenvalue weighted by Gasteiger charge is -2.15. The second-order valence-corrected chi connectivity index (χ2v) is 3.72. The molecule has 1 rings (SSSR count). The first-order valence-electron chi connectivity index (χ1n) is 6.44. The second-order valence-electron chi connectivity index (χ2n) is 3.72. The van der Waals surface area contributed by atoms with Gasteiger partial charge in [-0.3, -0.25) is 4.79 Å². The number of benzene rings is 1. The van der Waals surface area contributed by atoms with Crippen molar-refractivity contribution in [1.29, 1.82) is 0 Å². The zero-order valence-electron chi connectivity index (χ0n) is 12.6. The van der Waals surface area contributed by atoms with Gasteiger partial charge >= 0.3 is 11.9 Å². The van der Waals surface area contributed by atoms with Crippen LogP contribution in [0.2, 0.25) is 0 Å². The van der Waals surface area contributed by atoms with E-state index in [-0.39, 0.29) is 6.42 Å². The lowest BCUT2D eigenvalue weighted by atomic mass is 10.2. The summed E-state index contributed by atoms with van der Waals surface area (Å²) >= 11 is 0. The van der Waals surface area contributed by atoms with Crippen LogP contribution in [-0.2, 0) is 19.1 Å². The number of aryl methyl sites for hydroxylation is 1. The minimum Gasteiger partial charge on any atom is -0.478 e. The number of methoxy groups -OCH3 is 2. The summed E-state index contributed by atoms with van der Waals surface area (Å²) in [5, 5.41) is 0. The van der Waals surface area contributed by atoms with Gasteiger partial charge in [-0.15, -0.1) is 0 Å². The fourth-order valence-electron chi connectivity index (χ4n) is 1.32. The Labute approximate surface area is 119 Å². The van der Waals surface area contributed by atoms with Crippen molar-refractivity contribution in [2.45, 2.75) is 33.3 Å². The molecule has 0 aliphatic rings. The maximum atomic E-state index is 11.5. The lowest BCUT2D eigenvalue weighted by molar-refractivity contribution is -0.155. The summed E-state index contributed by atoms with van der Waals surface area (Å²) < 4.78 is 14.5. The van der Waals surface area contributed by atoms with Gasteiger partial charge in [-0.2, -0.15) is 0 Å². The van der Waals surface area contributed by atoms with Gasteiger partial charge in [-0.05, 0) is 19.1 Å². The van der Waals surface area contributed by atoms with Crippen LogP contribution in [0.15, 0.2) is 24.3 Å². The van der Waals surface area contributed by atoms with E-state index < -0.39 is 18.0 Å². The number of carbonyl (C=O) groups excluding carboxylic acids is 2. The van der Waals surface area contributed by atoms with Gasteiger partial charge in [0.2, 0.25) is 6.10 Å². The number of esters is 2. The average molecular weight is 282 g/mol. The molecule has 1 atom stereocenters. The fourth-order valence-corrected chi connectivity index (χ4v) is 1.32. The Hall–Kier alpha value is -2.04. The van der Waals surface area contributed by atoms with Gasteiger partial charge in [0.05, 0.1) is 20.6 Å². The van der Waals surface area contributed by atoms with Gasteiger partial charge in [0.25, 0.3) is 0 Å². The van der Waals surface area contributed by atoms with Crippen molar-refractivity contribution in [3.8, 4) is 5.75 Å². The van der Waals surface area contributed by atoms with Crippen LogP contribution in [-0.4, -0.2) is 32.3 Å². The van der Waals surface area contributed by atoms with Crippen LogP contribution in [0.5, 0.6) is 5.75 Å². The van der Waals surface area contributed by atoms with Crippen molar-refractivity contribution in [3.05, 3.63) is 29.8 Å². The molecule has 0 radical (unpaired) electrons. The molecule has 1 unspecified atom stereocenters. The Morgan fingerprint density at radius 1 is 1.05 bits per heavy atom. The molecule has 0 amide bonds. The molecular formula is C15H22O5. The molecule has 0 saturated heterocycles. The van der Waals surface area contributed by atoms with E-state index >= 15 is 0 Å². The zero-order valence-corrected chi connectivity index (χ0v) is 12.6. The molecule has 0 heterocycles. The van der Waals surface area contributed by atoms with Crippen LogP contribution in [0.1, 0.15) is 25.8 Å². The van der Waals surface area contributed by atoms with E-state index in [9.17, 15) is 9.59 Å². The minimum atomic E-state index is -0.995. The van der Waals surface area contributed by atoms with Crippen molar-refractivity contribution < 1.29 is 23.8 Å². The first-order chi connectivity index (χ1) is 9.56. The molecule has 1 aromatic carbocycles. The third-order valence-electron chi connectivity index (χ3n) is 2.34. The van der Waals surface area contributed by atoms with E-state index in [2.05, 4.69) is 9.47 Å². The Bertz CT molecular complexity index is 411. The van der Waals surface area contributed by atoms with Crippen molar-refractivity contribution in [1.82, 2.24) is 0 Å².